The van der Waals surface area contributed by atoms with E-state index in [-0.39, 0.29) is 6.04 Å². The molecular formula is C18H28N2O. The molecule has 0 radical (unpaired) electrons. The van der Waals surface area contributed by atoms with Gasteiger partial charge in [0.05, 0.1) is 12.6 Å². The van der Waals surface area contributed by atoms with E-state index in [2.05, 4.69) is 48.3 Å². The molecule has 1 aromatic carbocycles. The molecule has 1 atom stereocenters. The van der Waals surface area contributed by atoms with E-state index < -0.39 is 0 Å². The topological polar surface area (TPSA) is 32.3 Å². The number of benzene rings is 1. The third-order valence-electron chi connectivity index (χ3n) is 4.26. The van der Waals surface area contributed by atoms with Crippen molar-refractivity contribution in [1.29, 1.82) is 0 Å². The van der Waals surface area contributed by atoms with Crippen molar-refractivity contribution in [2.75, 3.05) is 20.1 Å². The van der Waals surface area contributed by atoms with Crippen LogP contribution in [0.5, 0.6) is 0 Å². The van der Waals surface area contributed by atoms with Crippen LogP contribution >= 0.6 is 0 Å². The predicted octanol–water partition coefficient (Wildman–Crippen LogP) is 2.64. The van der Waals surface area contributed by atoms with Crippen molar-refractivity contribution >= 4 is 5.78 Å². The molecule has 1 aromatic rings. The van der Waals surface area contributed by atoms with Gasteiger partial charge in [-0.2, -0.15) is 0 Å². The minimum absolute atomic E-state index is 0.0107. The lowest BCUT2D eigenvalue weighted by Crippen LogP contribution is -2.42. The molecular weight excluding hydrogens is 260 g/mol. The van der Waals surface area contributed by atoms with E-state index in [0.717, 1.165) is 32.4 Å². The normalized spacial score (nSPS) is 17.3. The molecule has 3 nitrogen and oxygen atoms in total. The van der Waals surface area contributed by atoms with Crippen LogP contribution in [0.1, 0.15) is 37.8 Å². The molecule has 0 unspecified atom stereocenters. The molecule has 1 N–H and O–H groups in total. The molecule has 0 fully saturated rings. The van der Waals surface area contributed by atoms with E-state index in [4.69, 9.17) is 0 Å². The molecule has 116 valence electrons. The molecule has 2 rings (SSSR count). The van der Waals surface area contributed by atoms with Crippen LogP contribution in [0.15, 0.2) is 24.3 Å². The lowest BCUT2D eigenvalue weighted by molar-refractivity contribution is -0.122. The molecule has 0 bridgehead atoms. The van der Waals surface area contributed by atoms with Crippen LogP contribution in [0.4, 0.5) is 0 Å². The molecule has 0 aliphatic carbocycles. The molecule has 1 aliphatic heterocycles. The van der Waals surface area contributed by atoms with Gasteiger partial charge in [0.1, 0.15) is 0 Å². The van der Waals surface area contributed by atoms with E-state index in [1.165, 1.54) is 11.1 Å². The Labute approximate surface area is 128 Å². The Morgan fingerprint density at radius 3 is 2.67 bits per heavy atom. The molecule has 0 saturated heterocycles. The van der Waals surface area contributed by atoms with Gasteiger partial charge in [-0.05, 0) is 49.9 Å². The van der Waals surface area contributed by atoms with Gasteiger partial charge in [-0.25, -0.2) is 0 Å². The average molecular weight is 288 g/mol. The third kappa shape index (κ3) is 4.65. The number of hydrogen-bond acceptors (Lipinski definition) is 3. The number of carbonyl (C=O) groups excluding carboxylic acids is 1. The maximum atomic E-state index is 12.5. The Kier molecular flexibility index (Phi) is 5.95. The summed E-state index contributed by atoms with van der Waals surface area (Å²) in [6.45, 7) is 6.81. The zero-order valence-corrected chi connectivity index (χ0v) is 13.6. The van der Waals surface area contributed by atoms with Crippen molar-refractivity contribution in [2.45, 2.75) is 45.7 Å². The zero-order chi connectivity index (χ0) is 15.2. The summed E-state index contributed by atoms with van der Waals surface area (Å²) in [7, 11) is 1.89. The monoisotopic (exact) mass is 288 g/mol. The number of nitrogens with one attached hydrogen (secondary N) is 1. The zero-order valence-electron chi connectivity index (χ0n) is 13.6. The van der Waals surface area contributed by atoms with Crippen molar-refractivity contribution in [1.82, 2.24) is 10.2 Å². The quantitative estimate of drug-likeness (QED) is 0.873. The van der Waals surface area contributed by atoms with E-state index in [0.29, 0.717) is 18.2 Å². The molecule has 0 amide bonds. The maximum Gasteiger partial charge on any atom is 0.163 e. The number of likely N-dealkylation sites (N-methyl/N-ethyl adjacent to an activating group) is 1. The highest BCUT2D eigenvalue weighted by molar-refractivity contribution is 5.85. The first-order valence-corrected chi connectivity index (χ1v) is 8.09. The first kappa shape index (κ1) is 16.2. The predicted molar refractivity (Wildman–Crippen MR) is 87.3 cm³/mol. The molecule has 1 aliphatic rings. The highest BCUT2D eigenvalue weighted by Crippen LogP contribution is 2.18. The molecule has 1 heterocycles. The summed E-state index contributed by atoms with van der Waals surface area (Å²) in [5.41, 5.74) is 2.83. The van der Waals surface area contributed by atoms with Gasteiger partial charge < -0.3 is 5.32 Å². The Balaban J connectivity index is 1.98. The molecule has 3 heteroatoms. The van der Waals surface area contributed by atoms with E-state index in [1.807, 2.05) is 7.05 Å². The van der Waals surface area contributed by atoms with Crippen LogP contribution in [0.2, 0.25) is 0 Å². The first-order chi connectivity index (χ1) is 10.1. The van der Waals surface area contributed by atoms with Crippen molar-refractivity contribution in [2.24, 2.45) is 5.92 Å². The van der Waals surface area contributed by atoms with Crippen LogP contribution in [0.3, 0.4) is 0 Å². The first-order valence-electron chi connectivity index (χ1n) is 8.09. The SMILES string of the molecule is CN[C@@H](CC(C)C)C(=O)CN1CCCc2ccccc2C1. The fourth-order valence-corrected chi connectivity index (χ4v) is 3.12. The van der Waals surface area contributed by atoms with Crippen LogP contribution in [0.25, 0.3) is 0 Å². The second kappa shape index (κ2) is 7.71. The maximum absolute atomic E-state index is 12.5. The van der Waals surface area contributed by atoms with Crippen LogP contribution < -0.4 is 5.32 Å². The van der Waals surface area contributed by atoms with Gasteiger partial charge in [0, 0.05) is 6.54 Å². The Morgan fingerprint density at radius 2 is 2.00 bits per heavy atom. The molecule has 0 saturated carbocycles. The number of nitrogens with zero attached hydrogens (tertiary/aromatic N) is 1. The minimum Gasteiger partial charge on any atom is -0.310 e. The van der Waals surface area contributed by atoms with Crippen molar-refractivity contribution in [3.05, 3.63) is 35.4 Å². The summed E-state index contributed by atoms with van der Waals surface area (Å²) in [6, 6.07) is 8.61. The Morgan fingerprint density at radius 1 is 1.29 bits per heavy atom. The van der Waals surface area contributed by atoms with Crippen LogP contribution in [-0.4, -0.2) is 36.9 Å². The van der Waals surface area contributed by atoms with Gasteiger partial charge >= 0.3 is 0 Å². The van der Waals surface area contributed by atoms with Crippen LogP contribution in [-0.2, 0) is 17.8 Å². The number of aryl methyl sites for hydroxylation is 1. The van der Waals surface area contributed by atoms with Gasteiger partial charge in [0.15, 0.2) is 5.78 Å². The third-order valence-corrected chi connectivity index (χ3v) is 4.26. The largest absolute Gasteiger partial charge is 0.310 e. The highest BCUT2D eigenvalue weighted by Gasteiger charge is 2.22. The fraction of sp³-hybridized carbons (Fsp3) is 0.611. The lowest BCUT2D eigenvalue weighted by Gasteiger charge is -2.23. The minimum atomic E-state index is -0.0107. The molecule has 0 spiro atoms. The number of Topliss-reactive ketones (excluding diaryl/α,β-unsaturated/α-hetero) is 1. The highest BCUT2D eigenvalue weighted by atomic mass is 16.1. The molecule has 0 aromatic heterocycles. The summed E-state index contributed by atoms with van der Waals surface area (Å²) < 4.78 is 0. The van der Waals surface area contributed by atoms with Gasteiger partial charge in [-0.3, -0.25) is 9.69 Å². The summed E-state index contributed by atoms with van der Waals surface area (Å²) in [5, 5.41) is 3.18. The Bertz CT molecular complexity index is 470. The number of hydrogen-bond donors (Lipinski definition) is 1. The summed E-state index contributed by atoms with van der Waals surface area (Å²) in [6.07, 6.45) is 3.18. The van der Waals surface area contributed by atoms with Crippen LogP contribution in [0, 0.1) is 5.92 Å². The standard InChI is InChI=1S/C18H28N2O/c1-14(2)11-17(19-3)18(21)13-20-10-6-9-15-7-4-5-8-16(15)12-20/h4-5,7-8,14,17,19H,6,9-13H2,1-3H3/t17-/m0/s1. The van der Waals surface area contributed by atoms with Crippen molar-refractivity contribution < 1.29 is 4.79 Å². The Hall–Kier alpha value is -1.19. The van der Waals surface area contributed by atoms with Gasteiger partial charge in [-0.1, -0.05) is 38.1 Å². The number of rotatable bonds is 6. The summed E-state index contributed by atoms with van der Waals surface area (Å²) in [4.78, 5) is 14.8. The smallest absolute Gasteiger partial charge is 0.163 e. The lowest BCUT2D eigenvalue weighted by atomic mass is 10.00. The van der Waals surface area contributed by atoms with E-state index >= 15 is 0 Å². The van der Waals surface area contributed by atoms with E-state index in [1.54, 1.807) is 0 Å². The second-order valence-corrected chi connectivity index (χ2v) is 6.52. The van der Waals surface area contributed by atoms with Crippen molar-refractivity contribution in [3.63, 3.8) is 0 Å². The number of ketones is 1. The number of carbonyl (C=O) groups is 1. The molecule has 21 heavy (non-hydrogen) atoms. The summed E-state index contributed by atoms with van der Waals surface area (Å²) in [5.74, 6) is 0.863. The van der Waals surface area contributed by atoms with Gasteiger partial charge in [-0.15, -0.1) is 0 Å². The average Bonchev–Trinajstić information content (AvgIpc) is 2.65. The van der Waals surface area contributed by atoms with Gasteiger partial charge in [0.2, 0.25) is 0 Å². The second-order valence-electron chi connectivity index (χ2n) is 6.52. The van der Waals surface area contributed by atoms with E-state index in [9.17, 15) is 4.79 Å². The van der Waals surface area contributed by atoms with Crippen molar-refractivity contribution in [3.8, 4) is 0 Å². The van der Waals surface area contributed by atoms with Gasteiger partial charge in [0.25, 0.3) is 0 Å². The fourth-order valence-electron chi connectivity index (χ4n) is 3.12. The number of fused-ring (bicyclic) bond motifs is 1. The summed E-state index contributed by atoms with van der Waals surface area (Å²) >= 11 is 0.